The third-order valence-corrected chi connectivity index (χ3v) is 1.85. The molecule has 0 spiro atoms. The Balaban J connectivity index is 2.42. The molecule has 0 saturated carbocycles. The van der Waals surface area contributed by atoms with E-state index in [9.17, 15) is 0 Å². The van der Waals surface area contributed by atoms with Crippen LogP contribution < -0.4 is 5.32 Å². The van der Waals surface area contributed by atoms with Crippen LogP contribution in [0.15, 0.2) is 0 Å². The first kappa shape index (κ1) is 7.94. The molecule has 1 aliphatic heterocycles. The lowest BCUT2D eigenvalue weighted by Crippen LogP contribution is -2.54. The number of aliphatic hydroxyl groups is 3. The van der Waals surface area contributed by atoms with Gasteiger partial charge in [-0.05, 0) is 13.0 Å². The second-order valence-electron chi connectivity index (χ2n) is 2.59. The Labute approximate surface area is 59.5 Å². The van der Waals surface area contributed by atoms with Crippen LogP contribution in [0.4, 0.5) is 0 Å². The Morgan fingerprint density at radius 3 is 2.60 bits per heavy atom. The maximum absolute atomic E-state index is 9.16. The number of hydrogen-bond acceptors (Lipinski definition) is 4. The Morgan fingerprint density at radius 2 is 2.10 bits per heavy atom. The Bertz CT molecular complexity index is 109. The SMILES string of the molecule is OCC1NCC[C@H](O)[C@@H]1O. The molecular weight excluding hydrogens is 134 g/mol. The van der Waals surface area contributed by atoms with Crippen LogP contribution in [0.3, 0.4) is 0 Å². The van der Waals surface area contributed by atoms with Gasteiger partial charge in [0.25, 0.3) is 0 Å². The largest absolute Gasteiger partial charge is 0.395 e. The summed E-state index contributed by atoms with van der Waals surface area (Å²) >= 11 is 0. The summed E-state index contributed by atoms with van der Waals surface area (Å²) in [5.74, 6) is 0. The van der Waals surface area contributed by atoms with Crippen LogP contribution in [-0.4, -0.2) is 46.7 Å². The van der Waals surface area contributed by atoms with E-state index in [1.807, 2.05) is 0 Å². The molecule has 1 saturated heterocycles. The van der Waals surface area contributed by atoms with E-state index >= 15 is 0 Å². The summed E-state index contributed by atoms with van der Waals surface area (Å²) in [6.45, 7) is 0.529. The summed E-state index contributed by atoms with van der Waals surface area (Å²) in [5.41, 5.74) is 0. The molecule has 1 heterocycles. The predicted molar refractivity (Wildman–Crippen MR) is 35.5 cm³/mol. The molecule has 1 aliphatic rings. The molecule has 1 rings (SSSR count). The molecule has 4 nitrogen and oxygen atoms in total. The number of hydrogen-bond donors (Lipinski definition) is 4. The molecule has 3 atom stereocenters. The highest BCUT2D eigenvalue weighted by Crippen LogP contribution is 2.08. The predicted octanol–water partition coefficient (Wildman–Crippen LogP) is -1.94. The fourth-order valence-electron chi connectivity index (χ4n) is 1.15. The highest BCUT2D eigenvalue weighted by atomic mass is 16.3. The molecule has 0 radical (unpaired) electrons. The van der Waals surface area contributed by atoms with Gasteiger partial charge >= 0.3 is 0 Å². The van der Waals surface area contributed by atoms with Crippen LogP contribution in [0.1, 0.15) is 6.42 Å². The van der Waals surface area contributed by atoms with Gasteiger partial charge in [-0.3, -0.25) is 0 Å². The fraction of sp³-hybridized carbons (Fsp3) is 1.00. The molecule has 1 fully saturated rings. The van der Waals surface area contributed by atoms with Crippen molar-refractivity contribution in [2.45, 2.75) is 24.7 Å². The third-order valence-electron chi connectivity index (χ3n) is 1.85. The number of piperidine rings is 1. The average molecular weight is 147 g/mol. The molecule has 1 unspecified atom stereocenters. The van der Waals surface area contributed by atoms with E-state index in [2.05, 4.69) is 5.32 Å². The van der Waals surface area contributed by atoms with E-state index in [1.54, 1.807) is 0 Å². The number of aliphatic hydroxyl groups excluding tert-OH is 3. The molecule has 0 aromatic carbocycles. The minimum absolute atomic E-state index is 0.127. The maximum Gasteiger partial charge on any atom is 0.0974 e. The average Bonchev–Trinajstić information content (AvgIpc) is 1.95. The lowest BCUT2D eigenvalue weighted by Gasteiger charge is -2.31. The van der Waals surface area contributed by atoms with Gasteiger partial charge in [0.2, 0.25) is 0 Å². The normalized spacial score (nSPS) is 41.7. The lowest BCUT2D eigenvalue weighted by atomic mass is 9.99. The van der Waals surface area contributed by atoms with Gasteiger partial charge in [-0.15, -0.1) is 0 Å². The van der Waals surface area contributed by atoms with Crippen LogP contribution >= 0.6 is 0 Å². The summed E-state index contributed by atoms with van der Waals surface area (Å²) in [6.07, 6.45) is -0.949. The zero-order valence-electron chi connectivity index (χ0n) is 5.70. The molecule has 10 heavy (non-hydrogen) atoms. The van der Waals surface area contributed by atoms with Gasteiger partial charge in [-0.25, -0.2) is 0 Å². The summed E-state index contributed by atoms with van der Waals surface area (Å²) in [6, 6.07) is -0.358. The van der Waals surface area contributed by atoms with Crippen LogP contribution in [0.25, 0.3) is 0 Å². The summed E-state index contributed by atoms with van der Waals surface area (Å²) in [7, 11) is 0. The number of nitrogens with one attached hydrogen (secondary N) is 1. The van der Waals surface area contributed by atoms with Crippen molar-refractivity contribution in [3.05, 3.63) is 0 Å². The highest BCUT2D eigenvalue weighted by molar-refractivity contribution is 4.85. The molecule has 0 aliphatic carbocycles. The van der Waals surface area contributed by atoms with E-state index in [-0.39, 0.29) is 12.6 Å². The first-order chi connectivity index (χ1) is 4.75. The van der Waals surface area contributed by atoms with Crippen molar-refractivity contribution in [2.24, 2.45) is 0 Å². The first-order valence-corrected chi connectivity index (χ1v) is 3.46. The molecule has 0 aromatic heterocycles. The zero-order chi connectivity index (χ0) is 7.56. The smallest absolute Gasteiger partial charge is 0.0974 e. The Hall–Kier alpha value is -0.160. The molecule has 60 valence electrons. The summed E-state index contributed by atoms with van der Waals surface area (Å²) in [5, 5.41) is 29.8. The van der Waals surface area contributed by atoms with Gasteiger partial charge in [0.05, 0.1) is 24.9 Å². The standard InChI is InChI=1S/C6H13NO3/c8-3-4-6(10)5(9)1-2-7-4/h4-10H,1-3H2/t4?,5-,6+/m0/s1. The van der Waals surface area contributed by atoms with Gasteiger partial charge in [-0.1, -0.05) is 0 Å². The highest BCUT2D eigenvalue weighted by Gasteiger charge is 2.28. The minimum atomic E-state index is -0.821. The molecular formula is C6H13NO3. The Kier molecular flexibility index (Phi) is 2.62. The van der Waals surface area contributed by atoms with Crippen molar-refractivity contribution < 1.29 is 15.3 Å². The molecule has 0 amide bonds. The van der Waals surface area contributed by atoms with E-state index in [1.165, 1.54) is 0 Å². The van der Waals surface area contributed by atoms with Gasteiger partial charge in [0.1, 0.15) is 0 Å². The second-order valence-corrected chi connectivity index (χ2v) is 2.59. The Morgan fingerprint density at radius 1 is 1.40 bits per heavy atom. The summed E-state index contributed by atoms with van der Waals surface area (Å²) in [4.78, 5) is 0. The van der Waals surface area contributed by atoms with Crippen molar-refractivity contribution in [2.75, 3.05) is 13.2 Å². The molecule has 0 bridgehead atoms. The second kappa shape index (κ2) is 3.30. The van der Waals surface area contributed by atoms with Crippen molar-refractivity contribution >= 4 is 0 Å². The lowest BCUT2D eigenvalue weighted by molar-refractivity contribution is -0.0382. The van der Waals surface area contributed by atoms with Gasteiger partial charge in [0, 0.05) is 0 Å². The molecule has 4 N–H and O–H groups in total. The van der Waals surface area contributed by atoms with Crippen molar-refractivity contribution in [3.63, 3.8) is 0 Å². The fourth-order valence-corrected chi connectivity index (χ4v) is 1.15. The summed E-state index contributed by atoms with van der Waals surface area (Å²) < 4.78 is 0. The third kappa shape index (κ3) is 1.46. The first-order valence-electron chi connectivity index (χ1n) is 3.46. The minimum Gasteiger partial charge on any atom is -0.395 e. The monoisotopic (exact) mass is 147 g/mol. The maximum atomic E-state index is 9.16. The topological polar surface area (TPSA) is 72.7 Å². The van der Waals surface area contributed by atoms with Crippen LogP contribution in [-0.2, 0) is 0 Å². The van der Waals surface area contributed by atoms with E-state index in [4.69, 9.17) is 15.3 Å². The quantitative estimate of drug-likeness (QED) is 0.348. The molecule has 4 heteroatoms. The van der Waals surface area contributed by atoms with Gasteiger partial charge in [-0.2, -0.15) is 0 Å². The molecule has 0 aromatic rings. The number of rotatable bonds is 1. The van der Waals surface area contributed by atoms with E-state index < -0.39 is 12.2 Å². The van der Waals surface area contributed by atoms with Crippen LogP contribution in [0, 0.1) is 0 Å². The zero-order valence-corrected chi connectivity index (χ0v) is 5.70. The van der Waals surface area contributed by atoms with Crippen molar-refractivity contribution in [1.29, 1.82) is 0 Å². The van der Waals surface area contributed by atoms with E-state index in [0.29, 0.717) is 13.0 Å². The van der Waals surface area contributed by atoms with Crippen molar-refractivity contribution in [1.82, 2.24) is 5.32 Å². The van der Waals surface area contributed by atoms with Crippen LogP contribution in [0.2, 0.25) is 0 Å². The van der Waals surface area contributed by atoms with Gasteiger partial charge in [0.15, 0.2) is 0 Å². The van der Waals surface area contributed by atoms with Crippen LogP contribution in [0.5, 0.6) is 0 Å². The van der Waals surface area contributed by atoms with E-state index in [0.717, 1.165) is 0 Å². The van der Waals surface area contributed by atoms with Crippen molar-refractivity contribution in [3.8, 4) is 0 Å². The van der Waals surface area contributed by atoms with Gasteiger partial charge < -0.3 is 20.6 Å².